The summed E-state index contributed by atoms with van der Waals surface area (Å²) in [5.41, 5.74) is 0.960. The summed E-state index contributed by atoms with van der Waals surface area (Å²) in [6.45, 7) is 4.00. The lowest BCUT2D eigenvalue weighted by Crippen LogP contribution is -2.39. The summed E-state index contributed by atoms with van der Waals surface area (Å²) in [4.78, 5) is 11.0. The van der Waals surface area contributed by atoms with Crippen LogP contribution < -0.4 is 19.5 Å². The number of halogens is 1. The van der Waals surface area contributed by atoms with Gasteiger partial charge in [0, 0.05) is 44.9 Å². The Morgan fingerprint density at radius 3 is 2.31 bits per heavy atom. The van der Waals surface area contributed by atoms with Gasteiger partial charge >= 0.3 is 0 Å². The molecule has 0 unspecified atom stereocenters. The van der Waals surface area contributed by atoms with Crippen LogP contribution in [0.3, 0.4) is 0 Å². The molecule has 0 saturated carbocycles. The summed E-state index contributed by atoms with van der Waals surface area (Å²) in [7, 11) is 8.75. The Labute approximate surface area is 189 Å². The normalized spacial score (nSPS) is 10.9. The molecule has 2 aromatic rings. The maximum Gasteiger partial charge on any atom is 0.194 e. The van der Waals surface area contributed by atoms with Crippen molar-refractivity contribution in [2.24, 2.45) is 12.0 Å². The molecule has 1 aromatic carbocycles. The average Bonchev–Trinajstić information content (AvgIpc) is 3.11. The van der Waals surface area contributed by atoms with Crippen molar-refractivity contribution < 1.29 is 14.2 Å². The zero-order valence-electron chi connectivity index (χ0n) is 17.9. The number of methoxy groups -OCH3 is 3. The topological polar surface area (TPSA) is 86.0 Å². The molecule has 0 spiro atoms. The van der Waals surface area contributed by atoms with Crippen LogP contribution in [0.4, 0.5) is 0 Å². The van der Waals surface area contributed by atoms with E-state index in [1.54, 1.807) is 32.3 Å². The van der Waals surface area contributed by atoms with Gasteiger partial charge in [-0.25, -0.2) is 4.98 Å². The first-order valence-electron chi connectivity index (χ1n) is 9.15. The number of guanidine groups is 1. The van der Waals surface area contributed by atoms with Crippen LogP contribution in [0, 0.1) is 0 Å². The summed E-state index contributed by atoms with van der Waals surface area (Å²) in [6, 6.07) is 3.71. The highest BCUT2D eigenvalue weighted by Crippen LogP contribution is 2.34. The molecule has 9 nitrogen and oxygen atoms in total. The molecule has 29 heavy (non-hydrogen) atoms. The molecule has 0 bridgehead atoms. The van der Waals surface area contributed by atoms with Gasteiger partial charge in [0.1, 0.15) is 29.4 Å². The van der Waals surface area contributed by atoms with E-state index in [0.29, 0.717) is 25.3 Å². The number of hydrogen-bond acceptors (Lipinski definition) is 6. The fourth-order valence-corrected chi connectivity index (χ4v) is 2.82. The third-order valence-electron chi connectivity index (χ3n) is 4.32. The van der Waals surface area contributed by atoms with Crippen LogP contribution in [-0.2, 0) is 20.0 Å². The summed E-state index contributed by atoms with van der Waals surface area (Å²) >= 11 is 0. The van der Waals surface area contributed by atoms with Crippen molar-refractivity contribution in [2.75, 3.05) is 41.5 Å². The van der Waals surface area contributed by atoms with Crippen molar-refractivity contribution in [1.29, 1.82) is 0 Å². The average molecular weight is 518 g/mol. The molecule has 162 valence electrons. The van der Waals surface area contributed by atoms with Crippen molar-refractivity contribution >= 4 is 29.9 Å². The van der Waals surface area contributed by atoms with Gasteiger partial charge in [0.15, 0.2) is 5.96 Å². The number of nitrogens with one attached hydrogen (secondary N) is 1. The Kier molecular flexibility index (Phi) is 10.6. The van der Waals surface area contributed by atoms with Crippen molar-refractivity contribution in [3.8, 4) is 17.2 Å². The third kappa shape index (κ3) is 6.65. The molecule has 2 rings (SSSR count). The SMILES string of the molecule is CCNC(=NCCc1c(OC)cc(OC)cc1OC)N(C)Cc1ncnn1C.I. The summed E-state index contributed by atoms with van der Waals surface area (Å²) < 4.78 is 18.1. The summed E-state index contributed by atoms with van der Waals surface area (Å²) in [5.74, 6) is 3.81. The van der Waals surface area contributed by atoms with Crippen LogP contribution in [0.2, 0.25) is 0 Å². The maximum absolute atomic E-state index is 5.51. The third-order valence-corrected chi connectivity index (χ3v) is 4.32. The van der Waals surface area contributed by atoms with Gasteiger partial charge in [0.2, 0.25) is 0 Å². The molecule has 0 atom stereocenters. The Balaban J connectivity index is 0.00000420. The fraction of sp³-hybridized carbons (Fsp3) is 0.526. The number of aliphatic imine (C=N–C) groups is 1. The van der Waals surface area contributed by atoms with Gasteiger partial charge in [-0.05, 0) is 13.3 Å². The first kappa shape index (κ1) is 24.8. The number of ether oxygens (including phenoxy) is 3. The van der Waals surface area contributed by atoms with Crippen LogP contribution in [-0.4, -0.2) is 67.1 Å². The maximum atomic E-state index is 5.51. The molecule has 0 saturated heterocycles. The predicted molar refractivity (Wildman–Crippen MR) is 124 cm³/mol. The minimum atomic E-state index is 0. The lowest BCUT2D eigenvalue weighted by molar-refractivity contribution is 0.369. The van der Waals surface area contributed by atoms with Gasteiger partial charge in [-0.1, -0.05) is 0 Å². The van der Waals surface area contributed by atoms with Crippen LogP contribution >= 0.6 is 24.0 Å². The Bertz CT molecular complexity index is 771. The van der Waals surface area contributed by atoms with Crippen LogP contribution in [0.25, 0.3) is 0 Å². The number of nitrogens with zero attached hydrogens (tertiary/aromatic N) is 5. The zero-order valence-corrected chi connectivity index (χ0v) is 20.3. The number of aryl methyl sites for hydroxylation is 1. The van der Waals surface area contributed by atoms with E-state index in [1.165, 1.54) is 0 Å². The summed E-state index contributed by atoms with van der Waals surface area (Å²) in [6.07, 6.45) is 2.22. The molecule has 0 radical (unpaired) electrons. The smallest absolute Gasteiger partial charge is 0.194 e. The lowest BCUT2D eigenvalue weighted by Gasteiger charge is -2.21. The molecular formula is C19H31IN6O3. The van der Waals surface area contributed by atoms with Crippen molar-refractivity contribution in [1.82, 2.24) is 25.0 Å². The van der Waals surface area contributed by atoms with Gasteiger partial charge in [-0.2, -0.15) is 5.10 Å². The number of benzene rings is 1. The lowest BCUT2D eigenvalue weighted by atomic mass is 10.1. The minimum absolute atomic E-state index is 0. The van der Waals surface area contributed by atoms with Crippen molar-refractivity contribution in [3.63, 3.8) is 0 Å². The summed E-state index contributed by atoms with van der Waals surface area (Å²) in [5, 5.41) is 7.42. The Morgan fingerprint density at radius 2 is 1.83 bits per heavy atom. The highest BCUT2D eigenvalue weighted by molar-refractivity contribution is 14.0. The highest BCUT2D eigenvalue weighted by Gasteiger charge is 2.14. The van der Waals surface area contributed by atoms with E-state index in [-0.39, 0.29) is 24.0 Å². The second-order valence-electron chi connectivity index (χ2n) is 6.15. The van der Waals surface area contributed by atoms with Gasteiger partial charge in [0.25, 0.3) is 0 Å². The molecule has 0 amide bonds. The van der Waals surface area contributed by atoms with Crippen molar-refractivity contribution in [2.45, 2.75) is 19.9 Å². The Morgan fingerprint density at radius 1 is 1.17 bits per heavy atom. The molecule has 1 aromatic heterocycles. The van der Waals surface area contributed by atoms with E-state index in [4.69, 9.17) is 19.2 Å². The van der Waals surface area contributed by atoms with E-state index < -0.39 is 0 Å². The minimum Gasteiger partial charge on any atom is -0.496 e. The Hall–Kier alpha value is -2.24. The van der Waals surface area contributed by atoms with Gasteiger partial charge in [0.05, 0.1) is 27.9 Å². The van der Waals surface area contributed by atoms with Crippen LogP contribution in [0.5, 0.6) is 17.2 Å². The van der Waals surface area contributed by atoms with Gasteiger partial charge < -0.3 is 24.4 Å². The quantitative estimate of drug-likeness (QED) is 0.309. The van der Waals surface area contributed by atoms with E-state index in [9.17, 15) is 0 Å². The second kappa shape index (κ2) is 12.3. The van der Waals surface area contributed by atoms with Crippen molar-refractivity contribution in [3.05, 3.63) is 29.8 Å². The first-order chi connectivity index (χ1) is 13.5. The monoisotopic (exact) mass is 518 g/mol. The van der Waals surface area contributed by atoms with E-state index in [1.807, 2.05) is 38.1 Å². The molecule has 1 N–H and O–H groups in total. The largest absolute Gasteiger partial charge is 0.496 e. The molecule has 0 aliphatic rings. The van der Waals surface area contributed by atoms with Crippen LogP contribution in [0.15, 0.2) is 23.5 Å². The van der Waals surface area contributed by atoms with E-state index in [0.717, 1.165) is 35.4 Å². The number of aromatic nitrogens is 3. The van der Waals surface area contributed by atoms with Crippen LogP contribution in [0.1, 0.15) is 18.3 Å². The molecule has 10 heteroatoms. The van der Waals surface area contributed by atoms with Gasteiger partial charge in [-0.15, -0.1) is 24.0 Å². The molecule has 0 fully saturated rings. The zero-order chi connectivity index (χ0) is 20.5. The molecule has 0 aliphatic heterocycles. The van der Waals surface area contributed by atoms with Gasteiger partial charge in [-0.3, -0.25) is 9.67 Å². The number of rotatable bonds is 9. The van der Waals surface area contributed by atoms with E-state index in [2.05, 4.69) is 15.4 Å². The fourth-order valence-electron chi connectivity index (χ4n) is 2.82. The first-order valence-corrected chi connectivity index (χ1v) is 9.15. The highest BCUT2D eigenvalue weighted by atomic mass is 127. The van der Waals surface area contributed by atoms with E-state index >= 15 is 0 Å². The predicted octanol–water partition coefficient (Wildman–Crippen LogP) is 2.10. The molecule has 0 aliphatic carbocycles. The molecular weight excluding hydrogens is 487 g/mol. The second-order valence-corrected chi connectivity index (χ2v) is 6.15. The molecule has 1 heterocycles. The number of hydrogen-bond donors (Lipinski definition) is 1. The standard InChI is InChI=1S/C19H30N6O3.HI/c1-7-20-19(24(2)12-18-22-13-23-25(18)3)21-9-8-15-16(27-5)10-14(26-4)11-17(15)28-6;/h10-11,13H,7-9,12H2,1-6H3,(H,20,21);1H.